The molecule has 116 valence electrons. The maximum absolute atomic E-state index is 4.06. The van der Waals surface area contributed by atoms with Gasteiger partial charge in [-0.15, -0.1) is 0 Å². The van der Waals surface area contributed by atoms with Crippen molar-refractivity contribution in [3.05, 3.63) is 59.9 Å². The Morgan fingerprint density at radius 1 is 1.33 bits per heavy atom. The molecule has 0 aliphatic heterocycles. The first-order valence-electron chi connectivity index (χ1n) is 8.30. The Morgan fingerprint density at radius 3 is 2.81 bits per heavy atom. The Morgan fingerprint density at radius 2 is 2.10 bits per heavy atom. The summed E-state index contributed by atoms with van der Waals surface area (Å²) in [5.41, 5.74) is 3.68. The number of hydrogen-bond donors (Lipinski definition) is 1. The van der Waals surface area contributed by atoms with Crippen LogP contribution in [-0.2, 0) is 0 Å². The van der Waals surface area contributed by atoms with Crippen LogP contribution < -0.4 is 5.32 Å². The van der Waals surface area contributed by atoms with E-state index < -0.39 is 0 Å². The highest BCUT2D eigenvalue weighted by molar-refractivity contribution is 5.39. The lowest BCUT2D eigenvalue weighted by Crippen LogP contribution is -2.17. The summed E-state index contributed by atoms with van der Waals surface area (Å²) < 4.78 is 0. The average Bonchev–Trinajstić information content (AvgIpc) is 2.48. The first-order valence-corrected chi connectivity index (χ1v) is 8.30. The van der Waals surface area contributed by atoms with Gasteiger partial charge >= 0.3 is 0 Å². The molecule has 0 aromatic heterocycles. The summed E-state index contributed by atoms with van der Waals surface area (Å²) in [6, 6.07) is 0. The van der Waals surface area contributed by atoms with Crippen LogP contribution in [0.1, 0.15) is 52.9 Å². The van der Waals surface area contributed by atoms with E-state index in [0.717, 1.165) is 18.7 Å². The minimum absolute atomic E-state index is 0.637. The molecule has 1 rings (SSSR count). The molecular formula is C20H31N. The van der Waals surface area contributed by atoms with Crippen molar-refractivity contribution in [2.45, 2.75) is 52.9 Å². The number of hydrogen-bond acceptors (Lipinski definition) is 1. The minimum Gasteiger partial charge on any atom is -0.385 e. The molecule has 0 atom stereocenters. The zero-order chi connectivity index (χ0) is 15.5. The van der Waals surface area contributed by atoms with Crippen LogP contribution in [0.4, 0.5) is 0 Å². The number of rotatable bonds is 6. The van der Waals surface area contributed by atoms with Crippen LogP contribution in [0.15, 0.2) is 59.9 Å². The molecule has 0 aromatic rings. The van der Waals surface area contributed by atoms with Gasteiger partial charge in [-0.1, -0.05) is 63.3 Å². The van der Waals surface area contributed by atoms with Crippen molar-refractivity contribution < 1.29 is 0 Å². The largest absolute Gasteiger partial charge is 0.385 e. The van der Waals surface area contributed by atoms with Crippen LogP contribution in [0.3, 0.4) is 0 Å². The van der Waals surface area contributed by atoms with Gasteiger partial charge in [0.2, 0.25) is 0 Å². The third-order valence-corrected chi connectivity index (χ3v) is 3.52. The van der Waals surface area contributed by atoms with Gasteiger partial charge in [0.05, 0.1) is 0 Å². The molecule has 0 bridgehead atoms. The average molecular weight is 285 g/mol. The van der Waals surface area contributed by atoms with Crippen molar-refractivity contribution in [3.63, 3.8) is 0 Å². The maximum Gasteiger partial charge on any atom is 0.0267 e. The molecular weight excluding hydrogens is 254 g/mol. The molecule has 0 radical (unpaired) electrons. The molecule has 0 amide bonds. The first-order chi connectivity index (χ1) is 10.1. The summed E-state index contributed by atoms with van der Waals surface area (Å²) in [6.07, 6.45) is 19.5. The van der Waals surface area contributed by atoms with E-state index in [0.29, 0.717) is 5.92 Å². The van der Waals surface area contributed by atoms with Crippen LogP contribution >= 0.6 is 0 Å². The number of nitrogens with one attached hydrogen (secondary N) is 1. The Labute approximate surface area is 131 Å². The molecule has 1 nitrogen and oxygen atoms in total. The van der Waals surface area contributed by atoms with E-state index in [1.54, 1.807) is 0 Å². The maximum atomic E-state index is 4.06. The summed E-state index contributed by atoms with van der Waals surface area (Å²) in [5.74, 6) is 0.637. The van der Waals surface area contributed by atoms with E-state index in [-0.39, 0.29) is 0 Å². The van der Waals surface area contributed by atoms with Crippen LogP contribution in [0.2, 0.25) is 0 Å². The van der Waals surface area contributed by atoms with Crippen molar-refractivity contribution in [1.82, 2.24) is 5.32 Å². The molecule has 0 heterocycles. The third-order valence-electron chi connectivity index (χ3n) is 3.52. The highest BCUT2D eigenvalue weighted by atomic mass is 14.9. The van der Waals surface area contributed by atoms with Crippen LogP contribution in [0.5, 0.6) is 0 Å². The SMILES string of the molecule is C=C(/C=C/C1=C/C(CC)=C/CCCCC=C1)NCC(C)C. The van der Waals surface area contributed by atoms with E-state index in [4.69, 9.17) is 0 Å². The fraction of sp³-hybridized carbons (Fsp3) is 0.500. The van der Waals surface area contributed by atoms with Crippen molar-refractivity contribution in [3.8, 4) is 0 Å². The Kier molecular flexibility index (Phi) is 8.57. The molecule has 1 aliphatic carbocycles. The lowest BCUT2D eigenvalue weighted by molar-refractivity contribution is 0.602. The molecule has 1 aliphatic rings. The second kappa shape index (κ2) is 10.3. The smallest absolute Gasteiger partial charge is 0.0267 e. The predicted molar refractivity (Wildman–Crippen MR) is 95.2 cm³/mol. The summed E-state index contributed by atoms with van der Waals surface area (Å²) in [7, 11) is 0. The van der Waals surface area contributed by atoms with E-state index in [2.05, 4.69) is 69.1 Å². The van der Waals surface area contributed by atoms with Gasteiger partial charge in [0.15, 0.2) is 0 Å². The molecule has 0 fully saturated rings. The fourth-order valence-electron chi connectivity index (χ4n) is 2.18. The molecule has 0 saturated heterocycles. The zero-order valence-corrected chi connectivity index (χ0v) is 14.0. The summed E-state index contributed by atoms with van der Waals surface area (Å²) in [4.78, 5) is 0. The van der Waals surface area contributed by atoms with E-state index in [1.807, 2.05) is 0 Å². The molecule has 21 heavy (non-hydrogen) atoms. The van der Waals surface area contributed by atoms with Gasteiger partial charge in [-0.3, -0.25) is 0 Å². The van der Waals surface area contributed by atoms with E-state index in [9.17, 15) is 0 Å². The van der Waals surface area contributed by atoms with E-state index >= 15 is 0 Å². The second-order valence-corrected chi connectivity index (χ2v) is 6.10. The van der Waals surface area contributed by atoms with Gasteiger partial charge in [-0.05, 0) is 49.7 Å². The van der Waals surface area contributed by atoms with Crippen molar-refractivity contribution >= 4 is 0 Å². The third kappa shape index (κ3) is 8.39. The van der Waals surface area contributed by atoms with Gasteiger partial charge < -0.3 is 5.32 Å². The van der Waals surface area contributed by atoms with Gasteiger partial charge in [-0.25, -0.2) is 0 Å². The number of allylic oxidation sites excluding steroid dienone is 8. The summed E-state index contributed by atoms with van der Waals surface area (Å²) in [6.45, 7) is 11.7. The van der Waals surface area contributed by atoms with Gasteiger partial charge in [0, 0.05) is 12.2 Å². The predicted octanol–water partition coefficient (Wildman–Crippen LogP) is 5.69. The highest BCUT2D eigenvalue weighted by Crippen LogP contribution is 2.15. The normalized spacial score (nSPS) is 21.7. The first kappa shape index (κ1) is 17.6. The van der Waals surface area contributed by atoms with Gasteiger partial charge in [0.25, 0.3) is 0 Å². The summed E-state index contributed by atoms with van der Waals surface area (Å²) in [5, 5.41) is 3.35. The zero-order valence-electron chi connectivity index (χ0n) is 14.0. The van der Waals surface area contributed by atoms with Gasteiger partial charge in [0.1, 0.15) is 0 Å². The second-order valence-electron chi connectivity index (χ2n) is 6.10. The van der Waals surface area contributed by atoms with Crippen LogP contribution in [0.25, 0.3) is 0 Å². The van der Waals surface area contributed by atoms with Crippen molar-refractivity contribution in [2.24, 2.45) is 5.92 Å². The van der Waals surface area contributed by atoms with Crippen molar-refractivity contribution in [2.75, 3.05) is 6.54 Å². The van der Waals surface area contributed by atoms with Gasteiger partial charge in [-0.2, -0.15) is 0 Å². The molecule has 1 N–H and O–H groups in total. The molecule has 0 unspecified atom stereocenters. The Balaban J connectivity index is 2.74. The standard InChI is InChI=1S/C20H31N/c1-5-19-11-9-7-6-8-10-12-20(15-19)14-13-18(4)21-16-17(2)3/h10-15,17,21H,4-9,16H2,1-3H3/b12-10?,14-13+,19-11+,20-15+. The minimum atomic E-state index is 0.637. The molecule has 0 aromatic carbocycles. The Bertz CT molecular complexity index is 433. The lowest BCUT2D eigenvalue weighted by atomic mass is 10.0. The van der Waals surface area contributed by atoms with Crippen molar-refractivity contribution in [1.29, 1.82) is 0 Å². The Hall–Kier alpha value is -1.50. The lowest BCUT2D eigenvalue weighted by Gasteiger charge is -2.08. The molecule has 0 spiro atoms. The fourth-order valence-corrected chi connectivity index (χ4v) is 2.18. The molecule has 0 saturated carbocycles. The topological polar surface area (TPSA) is 12.0 Å². The van der Waals surface area contributed by atoms with Crippen LogP contribution in [0, 0.1) is 5.92 Å². The molecule has 1 heteroatoms. The summed E-state index contributed by atoms with van der Waals surface area (Å²) >= 11 is 0. The van der Waals surface area contributed by atoms with E-state index in [1.165, 1.54) is 36.8 Å². The quantitative estimate of drug-likeness (QED) is 0.618. The van der Waals surface area contributed by atoms with Crippen LogP contribution in [-0.4, -0.2) is 6.54 Å². The highest BCUT2D eigenvalue weighted by Gasteiger charge is 1.97. The monoisotopic (exact) mass is 285 g/mol.